The zero-order valence-electron chi connectivity index (χ0n) is 10.0. The highest BCUT2D eigenvalue weighted by Gasteiger charge is 2.22. The summed E-state index contributed by atoms with van der Waals surface area (Å²) < 4.78 is 23.0. The quantitative estimate of drug-likeness (QED) is 0.792. The summed E-state index contributed by atoms with van der Waals surface area (Å²) in [6.45, 7) is 1.79. The van der Waals surface area contributed by atoms with Crippen molar-refractivity contribution >= 4 is 5.97 Å². The minimum Gasteiger partial charge on any atom is -0.460 e. The number of nitrogens with zero attached hydrogens (tertiary/aromatic N) is 2. The van der Waals surface area contributed by atoms with Crippen LogP contribution in [0.3, 0.4) is 0 Å². The van der Waals surface area contributed by atoms with Gasteiger partial charge in [-0.25, -0.2) is 9.18 Å². The number of carbonyl (C=O) groups is 1. The molecule has 5 nitrogen and oxygen atoms in total. The SMILES string of the molecule is CCOC(=O)c1oc(-c2cccc(F)c2)nc1C#N. The van der Waals surface area contributed by atoms with Crippen LogP contribution in [-0.4, -0.2) is 17.6 Å². The van der Waals surface area contributed by atoms with Gasteiger partial charge in [0.1, 0.15) is 11.9 Å². The smallest absolute Gasteiger partial charge is 0.377 e. The minimum absolute atomic E-state index is 0.000830. The number of halogens is 1. The molecule has 0 aliphatic heterocycles. The number of hydrogen-bond donors (Lipinski definition) is 0. The molecule has 1 aromatic heterocycles. The van der Waals surface area contributed by atoms with Crippen LogP contribution >= 0.6 is 0 Å². The van der Waals surface area contributed by atoms with Crippen molar-refractivity contribution in [1.29, 1.82) is 5.26 Å². The summed E-state index contributed by atoms with van der Waals surface area (Å²) in [5, 5.41) is 8.90. The minimum atomic E-state index is -0.769. The lowest BCUT2D eigenvalue weighted by molar-refractivity contribution is 0.0490. The molecule has 6 heteroatoms. The third-order valence-electron chi connectivity index (χ3n) is 2.27. The van der Waals surface area contributed by atoms with Crippen LogP contribution in [0.1, 0.15) is 23.2 Å². The number of rotatable bonds is 3. The van der Waals surface area contributed by atoms with Gasteiger partial charge in [-0.05, 0) is 25.1 Å². The van der Waals surface area contributed by atoms with E-state index in [-0.39, 0.29) is 24.0 Å². The molecule has 0 N–H and O–H groups in total. The van der Waals surface area contributed by atoms with E-state index in [1.165, 1.54) is 18.2 Å². The van der Waals surface area contributed by atoms with Gasteiger partial charge in [0.2, 0.25) is 5.89 Å². The summed E-state index contributed by atoms with van der Waals surface area (Å²) in [4.78, 5) is 15.4. The molecular formula is C13H9FN2O3. The van der Waals surface area contributed by atoms with Crippen molar-refractivity contribution < 1.29 is 18.3 Å². The molecule has 0 bridgehead atoms. The topological polar surface area (TPSA) is 76.1 Å². The summed E-state index contributed by atoms with van der Waals surface area (Å²) in [6, 6.07) is 7.24. The standard InChI is InChI=1S/C13H9FN2O3/c1-2-18-13(17)11-10(7-15)16-12(19-11)8-4-3-5-9(14)6-8/h3-6H,2H2,1H3. The molecule has 19 heavy (non-hydrogen) atoms. The zero-order chi connectivity index (χ0) is 13.8. The van der Waals surface area contributed by atoms with Crippen LogP contribution in [-0.2, 0) is 4.74 Å². The number of aromatic nitrogens is 1. The molecule has 0 amide bonds. The Hall–Kier alpha value is -2.68. The van der Waals surface area contributed by atoms with E-state index in [4.69, 9.17) is 14.4 Å². The van der Waals surface area contributed by atoms with Crippen molar-refractivity contribution in [1.82, 2.24) is 4.98 Å². The molecule has 0 radical (unpaired) electrons. The Morgan fingerprint density at radius 3 is 3.00 bits per heavy atom. The molecule has 0 atom stereocenters. The van der Waals surface area contributed by atoms with Gasteiger partial charge in [-0.2, -0.15) is 10.2 Å². The maximum Gasteiger partial charge on any atom is 0.377 e. The Balaban J connectivity index is 2.45. The van der Waals surface area contributed by atoms with Crippen LogP contribution in [0.5, 0.6) is 0 Å². The lowest BCUT2D eigenvalue weighted by Gasteiger charge is -1.97. The largest absolute Gasteiger partial charge is 0.460 e. The van der Waals surface area contributed by atoms with Crippen LogP contribution in [0.2, 0.25) is 0 Å². The van der Waals surface area contributed by atoms with Crippen molar-refractivity contribution in [2.75, 3.05) is 6.61 Å². The van der Waals surface area contributed by atoms with Crippen LogP contribution in [0.15, 0.2) is 28.7 Å². The second-order valence-corrected chi connectivity index (χ2v) is 3.54. The number of carbonyl (C=O) groups excluding carboxylic acids is 1. The predicted molar refractivity (Wildman–Crippen MR) is 62.6 cm³/mol. The summed E-state index contributed by atoms with van der Waals surface area (Å²) in [6.07, 6.45) is 0. The number of ether oxygens (including phenoxy) is 1. The Morgan fingerprint density at radius 2 is 2.37 bits per heavy atom. The van der Waals surface area contributed by atoms with E-state index in [2.05, 4.69) is 4.98 Å². The van der Waals surface area contributed by atoms with Gasteiger partial charge < -0.3 is 9.15 Å². The maximum absolute atomic E-state index is 13.1. The van der Waals surface area contributed by atoms with E-state index in [0.29, 0.717) is 5.56 Å². The van der Waals surface area contributed by atoms with Gasteiger partial charge in [-0.3, -0.25) is 0 Å². The van der Waals surface area contributed by atoms with Crippen LogP contribution < -0.4 is 0 Å². The van der Waals surface area contributed by atoms with E-state index in [9.17, 15) is 9.18 Å². The average molecular weight is 260 g/mol. The maximum atomic E-state index is 13.1. The van der Waals surface area contributed by atoms with Gasteiger partial charge in [0, 0.05) is 5.56 Å². The first-order chi connectivity index (χ1) is 9.15. The lowest BCUT2D eigenvalue weighted by atomic mass is 10.2. The molecule has 0 saturated heterocycles. The van der Waals surface area contributed by atoms with E-state index in [0.717, 1.165) is 0 Å². The number of oxazole rings is 1. The molecule has 2 rings (SSSR count). The second kappa shape index (κ2) is 5.31. The van der Waals surface area contributed by atoms with E-state index in [1.54, 1.807) is 19.1 Å². The molecule has 2 aromatic rings. The molecule has 1 aromatic carbocycles. The Morgan fingerprint density at radius 1 is 1.58 bits per heavy atom. The van der Waals surface area contributed by atoms with Crippen LogP contribution in [0.4, 0.5) is 4.39 Å². The summed E-state index contributed by atoms with van der Waals surface area (Å²) >= 11 is 0. The van der Waals surface area contributed by atoms with Gasteiger partial charge in [-0.15, -0.1) is 0 Å². The van der Waals surface area contributed by atoms with Crippen molar-refractivity contribution in [3.63, 3.8) is 0 Å². The third-order valence-corrected chi connectivity index (χ3v) is 2.27. The highest BCUT2D eigenvalue weighted by molar-refractivity contribution is 5.89. The highest BCUT2D eigenvalue weighted by atomic mass is 19.1. The fourth-order valence-electron chi connectivity index (χ4n) is 1.48. The van der Waals surface area contributed by atoms with Gasteiger partial charge in [0.15, 0.2) is 5.69 Å². The first kappa shape index (κ1) is 12.8. The number of hydrogen-bond acceptors (Lipinski definition) is 5. The molecular weight excluding hydrogens is 251 g/mol. The van der Waals surface area contributed by atoms with Crippen molar-refractivity contribution in [2.45, 2.75) is 6.92 Å². The number of nitriles is 1. The first-order valence-electron chi connectivity index (χ1n) is 5.49. The van der Waals surface area contributed by atoms with Gasteiger partial charge in [-0.1, -0.05) is 6.07 Å². The highest BCUT2D eigenvalue weighted by Crippen LogP contribution is 2.23. The zero-order valence-corrected chi connectivity index (χ0v) is 10.0. The van der Waals surface area contributed by atoms with E-state index >= 15 is 0 Å². The molecule has 0 aliphatic carbocycles. The number of benzene rings is 1. The Bertz CT molecular complexity index is 658. The van der Waals surface area contributed by atoms with Gasteiger partial charge >= 0.3 is 5.97 Å². The number of esters is 1. The Kier molecular flexibility index (Phi) is 3.57. The fourth-order valence-corrected chi connectivity index (χ4v) is 1.48. The van der Waals surface area contributed by atoms with Gasteiger partial charge in [0.05, 0.1) is 6.61 Å². The second-order valence-electron chi connectivity index (χ2n) is 3.54. The van der Waals surface area contributed by atoms with Crippen molar-refractivity contribution in [2.24, 2.45) is 0 Å². The lowest BCUT2D eigenvalue weighted by Crippen LogP contribution is -2.05. The fraction of sp³-hybridized carbons (Fsp3) is 0.154. The van der Waals surface area contributed by atoms with Crippen LogP contribution in [0.25, 0.3) is 11.5 Å². The van der Waals surface area contributed by atoms with Crippen molar-refractivity contribution in [3.8, 4) is 17.5 Å². The predicted octanol–water partition coefficient (Wildman–Crippen LogP) is 2.53. The van der Waals surface area contributed by atoms with Gasteiger partial charge in [0.25, 0.3) is 5.76 Å². The summed E-state index contributed by atoms with van der Waals surface area (Å²) in [5.74, 6) is -1.51. The summed E-state index contributed by atoms with van der Waals surface area (Å²) in [5.41, 5.74) is 0.157. The van der Waals surface area contributed by atoms with E-state index < -0.39 is 11.8 Å². The molecule has 0 aliphatic rings. The molecule has 0 unspecified atom stereocenters. The molecule has 0 saturated carbocycles. The molecule has 1 heterocycles. The first-order valence-corrected chi connectivity index (χ1v) is 5.49. The van der Waals surface area contributed by atoms with Crippen LogP contribution in [0, 0.1) is 17.1 Å². The normalized spacial score (nSPS) is 9.95. The molecule has 96 valence electrons. The Labute approximate surface area is 108 Å². The average Bonchev–Trinajstić information content (AvgIpc) is 2.83. The van der Waals surface area contributed by atoms with Crippen molar-refractivity contribution in [3.05, 3.63) is 41.5 Å². The third kappa shape index (κ3) is 2.60. The molecule has 0 spiro atoms. The molecule has 0 fully saturated rings. The van der Waals surface area contributed by atoms with E-state index in [1.807, 2.05) is 0 Å². The monoisotopic (exact) mass is 260 g/mol. The summed E-state index contributed by atoms with van der Waals surface area (Å²) in [7, 11) is 0.